The van der Waals surface area contributed by atoms with Crippen LogP contribution in [-0.2, 0) is 19.6 Å². The van der Waals surface area contributed by atoms with Crippen LogP contribution in [0.5, 0.6) is 5.88 Å². The Kier molecular flexibility index (Phi) is 6.28. The molecule has 2 atom stereocenters. The molecular formula is C26H28N4O6S. The molecule has 2 aliphatic heterocycles. The molecule has 0 bridgehead atoms. The standard InChI is InChI=1S/C26H28N4O6S/c1-15-12-23(31)28-21-6-4-17(13-19(15)21)27-25(32)20-14-18(37(34,35)29(2)3)5-7-22(20)30-10-8-16-9-11-36-26(33)24(16)30/h4-7,12-14,16,24H,8-11H2,1-3H3,(H,27,32)(H,28,31). The number of nitrogens with one attached hydrogen (secondary N) is 1. The number of hydrogen-bond acceptors (Lipinski definition) is 8. The average molecular weight is 525 g/mol. The summed E-state index contributed by atoms with van der Waals surface area (Å²) < 4.78 is 32.1. The third kappa shape index (κ3) is 4.49. The fourth-order valence-corrected chi connectivity index (χ4v) is 6.04. The fourth-order valence-electron chi connectivity index (χ4n) is 5.12. The maximum atomic E-state index is 13.6. The number of ether oxygens (including phenoxy) is 1. The predicted octanol–water partition coefficient (Wildman–Crippen LogP) is 2.89. The van der Waals surface area contributed by atoms with Crippen LogP contribution in [-0.4, -0.2) is 68.0 Å². The van der Waals surface area contributed by atoms with E-state index in [1.165, 1.54) is 32.3 Å². The van der Waals surface area contributed by atoms with Gasteiger partial charge in [0.1, 0.15) is 6.04 Å². The second-order valence-corrected chi connectivity index (χ2v) is 11.7. The van der Waals surface area contributed by atoms with Gasteiger partial charge >= 0.3 is 5.97 Å². The highest BCUT2D eigenvalue weighted by molar-refractivity contribution is 7.89. The van der Waals surface area contributed by atoms with Gasteiger partial charge in [-0.2, -0.15) is 0 Å². The summed E-state index contributed by atoms with van der Waals surface area (Å²) in [6.45, 7) is 2.76. The minimum absolute atomic E-state index is 0.0256. The number of hydrogen-bond donors (Lipinski definition) is 2. The van der Waals surface area contributed by atoms with E-state index in [0.29, 0.717) is 30.0 Å². The van der Waals surface area contributed by atoms with Crippen LogP contribution >= 0.6 is 0 Å². The van der Waals surface area contributed by atoms with Crippen LogP contribution in [0.1, 0.15) is 28.8 Å². The van der Waals surface area contributed by atoms with Crippen molar-refractivity contribution in [1.29, 1.82) is 0 Å². The van der Waals surface area contributed by atoms with Crippen molar-refractivity contribution in [1.82, 2.24) is 9.29 Å². The Morgan fingerprint density at radius 3 is 2.70 bits per heavy atom. The largest absolute Gasteiger partial charge is 0.493 e. The number of pyridine rings is 1. The lowest BCUT2D eigenvalue weighted by molar-refractivity contribution is -0.150. The molecule has 2 N–H and O–H groups in total. The summed E-state index contributed by atoms with van der Waals surface area (Å²) in [4.78, 5) is 32.2. The van der Waals surface area contributed by atoms with Crippen LogP contribution in [0.4, 0.5) is 11.4 Å². The molecule has 2 aliphatic rings. The van der Waals surface area contributed by atoms with E-state index in [4.69, 9.17) is 4.74 Å². The number of carbonyl (C=O) groups excluding carboxylic acids is 2. The Bertz CT molecular complexity index is 1520. The van der Waals surface area contributed by atoms with Crippen molar-refractivity contribution in [3.05, 3.63) is 53.6 Å². The first kappa shape index (κ1) is 25.0. The van der Waals surface area contributed by atoms with E-state index in [0.717, 1.165) is 28.1 Å². The number of amides is 1. The number of anilines is 2. The topological polar surface area (TPSA) is 129 Å². The number of aromatic hydroxyl groups is 1. The summed E-state index contributed by atoms with van der Waals surface area (Å²) in [5.41, 5.74) is 2.47. The number of benzene rings is 2. The Hall–Kier alpha value is -3.70. The summed E-state index contributed by atoms with van der Waals surface area (Å²) in [7, 11) is -0.956. The Balaban J connectivity index is 1.56. The van der Waals surface area contributed by atoms with Gasteiger partial charge < -0.3 is 20.1 Å². The molecule has 10 nitrogen and oxygen atoms in total. The highest BCUT2D eigenvalue weighted by Gasteiger charge is 2.44. The first-order valence-corrected chi connectivity index (χ1v) is 13.4. The van der Waals surface area contributed by atoms with Gasteiger partial charge in [0.2, 0.25) is 15.9 Å². The normalized spacial score (nSPS) is 19.7. The number of sulfonamides is 1. The smallest absolute Gasteiger partial charge is 0.329 e. The maximum absolute atomic E-state index is 13.6. The van der Waals surface area contributed by atoms with Crippen molar-refractivity contribution in [3.63, 3.8) is 0 Å². The molecule has 3 aromatic rings. The number of cyclic esters (lactones) is 1. The number of aromatic nitrogens is 1. The predicted molar refractivity (Wildman–Crippen MR) is 138 cm³/mol. The zero-order valence-electron chi connectivity index (χ0n) is 20.8. The fraction of sp³-hybridized carbons (Fsp3) is 0.346. The number of carbonyl (C=O) groups is 2. The molecule has 1 amide bonds. The first-order chi connectivity index (χ1) is 17.6. The lowest BCUT2D eigenvalue weighted by Gasteiger charge is -2.32. The molecule has 2 fully saturated rings. The zero-order chi connectivity index (χ0) is 26.5. The van der Waals surface area contributed by atoms with Gasteiger partial charge in [-0.1, -0.05) is 0 Å². The minimum atomic E-state index is -3.81. The second kappa shape index (κ2) is 9.31. The van der Waals surface area contributed by atoms with E-state index in [2.05, 4.69) is 10.3 Å². The lowest BCUT2D eigenvalue weighted by atomic mass is 9.95. The van der Waals surface area contributed by atoms with E-state index in [9.17, 15) is 23.1 Å². The molecule has 3 heterocycles. The van der Waals surface area contributed by atoms with Gasteiger partial charge in [0.05, 0.1) is 28.3 Å². The lowest BCUT2D eigenvalue weighted by Crippen LogP contribution is -2.45. The van der Waals surface area contributed by atoms with Gasteiger partial charge in [-0.25, -0.2) is 22.5 Å². The molecule has 2 unspecified atom stereocenters. The highest BCUT2D eigenvalue weighted by Crippen LogP contribution is 2.38. The monoisotopic (exact) mass is 524 g/mol. The van der Waals surface area contributed by atoms with Crippen LogP contribution in [0.25, 0.3) is 10.9 Å². The van der Waals surface area contributed by atoms with Gasteiger partial charge in [0, 0.05) is 37.8 Å². The highest BCUT2D eigenvalue weighted by atomic mass is 32.2. The van der Waals surface area contributed by atoms with Crippen molar-refractivity contribution in [3.8, 4) is 5.88 Å². The molecule has 0 aliphatic carbocycles. The van der Waals surface area contributed by atoms with Crippen molar-refractivity contribution in [2.24, 2.45) is 5.92 Å². The minimum Gasteiger partial charge on any atom is -0.493 e. The molecule has 11 heteroatoms. The van der Waals surface area contributed by atoms with Gasteiger partial charge in [-0.05, 0) is 67.6 Å². The molecule has 37 heavy (non-hydrogen) atoms. The van der Waals surface area contributed by atoms with Crippen LogP contribution in [0, 0.1) is 12.8 Å². The molecule has 5 rings (SSSR count). The first-order valence-electron chi connectivity index (χ1n) is 12.0. The maximum Gasteiger partial charge on any atom is 0.329 e. The Morgan fingerprint density at radius 1 is 1.16 bits per heavy atom. The van der Waals surface area contributed by atoms with Crippen LogP contribution in [0.3, 0.4) is 0 Å². The summed E-state index contributed by atoms with van der Waals surface area (Å²) in [5.74, 6) is -0.807. The van der Waals surface area contributed by atoms with Crippen molar-refractivity contribution >= 4 is 44.2 Å². The summed E-state index contributed by atoms with van der Waals surface area (Å²) in [6.07, 6.45) is 1.53. The number of nitrogens with zero attached hydrogens (tertiary/aromatic N) is 3. The third-order valence-electron chi connectivity index (χ3n) is 7.06. The third-order valence-corrected chi connectivity index (χ3v) is 8.87. The molecule has 194 valence electrons. The van der Waals surface area contributed by atoms with Crippen LogP contribution in [0.2, 0.25) is 0 Å². The summed E-state index contributed by atoms with van der Waals surface area (Å²) >= 11 is 0. The molecule has 2 saturated heterocycles. The Morgan fingerprint density at radius 2 is 1.95 bits per heavy atom. The summed E-state index contributed by atoms with van der Waals surface area (Å²) in [5, 5.41) is 13.4. The van der Waals surface area contributed by atoms with Crippen LogP contribution < -0.4 is 10.2 Å². The molecule has 1 aromatic heterocycles. The molecule has 2 aromatic carbocycles. The number of esters is 1. The van der Waals surface area contributed by atoms with E-state index in [-0.39, 0.29) is 28.2 Å². The van der Waals surface area contributed by atoms with E-state index >= 15 is 0 Å². The van der Waals surface area contributed by atoms with E-state index in [1.807, 2.05) is 11.8 Å². The van der Waals surface area contributed by atoms with Crippen molar-refractivity contribution in [2.45, 2.75) is 30.7 Å². The van der Waals surface area contributed by atoms with Gasteiger partial charge in [-0.3, -0.25) is 4.79 Å². The van der Waals surface area contributed by atoms with Crippen LogP contribution in [0.15, 0.2) is 47.4 Å². The molecule has 0 saturated carbocycles. The number of aryl methyl sites for hydroxylation is 1. The number of fused-ring (bicyclic) bond motifs is 2. The zero-order valence-corrected chi connectivity index (χ0v) is 21.6. The number of rotatable bonds is 5. The molecular weight excluding hydrogens is 496 g/mol. The average Bonchev–Trinajstić information content (AvgIpc) is 3.29. The molecule has 0 spiro atoms. The Labute approximate surface area is 214 Å². The van der Waals surface area contributed by atoms with Crippen molar-refractivity contribution < 1.29 is 27.9 Å². The second-order valence-electron chi connectivity index (χ2n) is 9.59. The quantitative estimate of drug-likeness (QED) is 0.488. The van der Waals surface area contributed by atoms with E-state index in [1.54, 1.807) is 24.3 Å². The molecule has 0 radical (unpaired) electrons. The van der Waals surface area contributed by atoms with E-state index < -0.39 is 22.0 Å². The summed E-state index contributed by atoms with van der Waals surface area (Å²) in [6, 6.07) is 10.5. The van der Waals surface area contributed by atoms with Crippen molar-refractivity contribution in [2.75, 3.05) is 37.5 Å². The van der Waals surface area contributed by atoms with Gasteiger partial charge in [-0.15, -0.1) is 0 Å². The SMILES string of the molecule is Cc1cc(O)nc2ccc(NC(=O)c3cc(S(=O)(=O)N(C)C)ccc3N3CCC4CCOC(=O)C43)cc12. The van der Waals surface area contributed by atoms with Gasteiger partial charge in [0.25, 0.3) is 5.91 Å². The van der Waals surface area contributed by atoms with Gasteiger partial charge in [0.15, 0.2) is 0 Å².